The number of carbonyl (C=O) groups is 1. The number of carbonyl (C=O) groups excluding carboxylic acids is 1. The quantitative estimate of drug-likeness (QED) is 0.692. The molecule has 1 unspecified atom stereocenters. The van der Waals surface area contributed by atoms with E-state index in [9.17, 15) is 4.79 Å². The summed E-state index contributed by atoms with van der Waals surface area (Å²) in [6.07, 6.45) is 0.225. The third-order valence-corrected chi connectivity index (χ3v) is 2.61. The number of hydrogen-bond acceptors (Lipinski definition) is 4. The number of amides is 1. The van der Waals surface area contributed by atoms with Crippen LogP contribution in [0.1, 0.15) is 18.9 Å². The SMILES string of the molecule is COCCCNC(=O)C(C)Oc1ccc(CO)cc1. The van der Waals surface area contributed by atoms with Crippen molar-refractivity contribution in [2.45, 2.75) is 26.1 Å². The Bertz CT molecular complexity index is 378. The molecular weight excluding hydrogens is 246 g/mol. The van der Waals surface area contributed by atoms with Gasteiger partial charge < -0.3 is 19.9 Å². The number of aliphatic hydroxyl groups excluding tert-OH is 1. The molecule has 0 saturated carbocycles. The molecule has 0 aliphatic rings. The van der Waals surface area contributed by atoms with E-state index >= 15 is 0 Å². The second-order valence-corrected chi connectivity index (χ2v) is 4.20. The highest BCUT2D eigenvalue weighted by atomic mass is 16.5. The van der Waals surface area contributed by atoms with Crippen LogP contribution in [-0.4, -0.2) is 37.4 Å². The average Bonchev–Trinajstić information content (AvgIpc) is 2.44. The smallest absolute Gasteiger partial charge is 0.260 e. The van der Waals surface area contributed by atoms with Crippen LogP contribution in [0.4, 0.5) is 0 Å². The van der Waals surface area contributed by atoms with E-state index < -0.39 is 6.10 Å². The van der Waals surface area contributed by atoms with Gasteiger partial charge in [-0.15, -0.1) is 0 Å². The Kier molecular flexibility index (Phi) is 6.92. The molecule has 106 valence electrons. The van der Waals surface area contributed by atoms with Crippen molar-refractivity contribution < 1.29 is 19.4 Å². The van der Waals surface area contributed by atoms with E-state index in [4.69, 9.17) is 14.6 Å². The standard InChI is InChI=1S/C14H21NO4/c1-11(14(17)15-8-3-9-18-2)19-13-6-4-12(10-16)5-7-13/h4-7,11,16H,3,8-10H2,1-2H3,(H,15,17). The fraction of sp³-hybridized carbons (Fsp3) is 0.500. The van der Waals surface area contributed by atoms with Crippen LogP contribution in [0.15, 0.2) is 24.3 Å². The average molecular weight is 267 g/mol. The lowest BCUT2D eigenvalue weighted by molar-refractivity contribution is -0.127. The van der Waals surface area contributed by atoms with Gasteiger partial charge in [-0.25, -0.2) is 0 Å². The maximum Gasteiger partial charge on any atom is 0.260 e. The highest BCUT2D eigenvalue weighted by molar-refractivity contribution is 5.80. The van der Waals surface area contributed by atoms with Crippen LogP contribution in [0.2, 0.25) is 0 Å². The van der Waals surface area contributed by atoms with Crippen LogP contribution in [-0.2, 0) is 16.1 Å². The zero-order valence-electron chi connectivity index (χ0n) is 11.4. The molecule has 0 spiro atoms. The number of rotatable bonds is 8. The van der Waals surface area contributed by atoms with Crippen LogP contribution in [0, 0.1) is 0 Å². The molecule has 1 atom stereocenters. The molecule has 0 bridgehead atoms. The van der Waals surface area contributed by atoms with Gasteiger partial charge in [-0.2, -0.15) is 0 Å². The molecule has 0 aromatic heterocycles. The van der Waals surface area contributed by atoms with Gasteiger partial charge >= 0.3 is 0 Å². The number of aliphatic hydroxyl groups is 1. The topological polar surface area (TPSA) is 67.8 Å². The minimum Gasteiger partial charge on any atom is -0.481 e. The predicted molar refractivity (Wildman–Crippen MR) is 72.0 cm³/mol. The Morgan fingerprint density at radius 3 is 2.63 bits per heavy atom. The van der Waals surface area contributed by atoms with Gasteiger partial charge in [-0.1, -0.05) is 12.1 Å². The third kappa shape index (κ3) is 5.72. The summed E-state index contributed by atoms with van der Waals surface area (Å²) in [5.74, 6) is 0.457. The molecule has 0 aliphatic heterocycles. The molecule has 2 N–H and O–H groups in total. The van der Waals surface area contributed by atoms with Gasteiger partial charge in [-0.3, -0.25) is 4.79 Å². The van der Waals surface area contributed by atoms with Gasteiger partial charge in [0, 0.05) is 20.3 Å². The van der Waals surface area contributed by atoms with E-state index in [1.165, 1.54) is 0 Å². The number of methoxy groups -OCH3 is 1. The minimum absolute atomic E-state index is 0.00415. The Morgan fingerprint density at radius 1 is 1.37 bits per heavy atom. The van der Waals surface area contributed by atoms with Crippen LogP contribution in [0.25, 0.3) is 0 Å². The molecule has 1 aromatic rings. The van der Waals surface area contributed by atoms with Gasteiger partial charge in [-0.05, 0) is 31.0 Å². The molecule has 1 aromatic carbocycles. The minimum atomic E-state index is -0.553. The predicted octanol–water partition coefficient (Wildman–Crippen LogP) is 1.10. The monoisotopic (exact) mass is 267 g/mol. The van der Waals surface area contributed by atoms with E-state index in [0.29, 0.717) is 18.9 Å². The van der Waals surface area contributed by atoms with Crippen molar-refractivity contribution in [1.82, 2.24) is 5.32 Å². The lowest BCUT2D eigenvalue weighted by Gasteiger charge is -2.14. The van der Waals surface area contributed by atoms with Crippen LogP contribution >= 0.6 is 0 Å². The molecule has 1 rings (SSSR count). The Balaban J connectivity index is 2.35. The molecule has 0 fully saturated rings. The summed E-state index contributed by atoms with van der Waals surface area (Å²) in [5, 5.41) is 11.7. The normalized spacial score (nSPS) is 11.9. The molecule has 0 saturated heterocycles. The summed E-state index contributed by atoms with van der Waals surface area (Å²) in [7, 11) is 1.63. The summed E-state index contributed by atoms with van der Waals surface area (Å²) in [6.45, 7) is 2.89. The number of ether oxygens (including phenoxy) is 2. The molecular formula is C14H21NO4. The summed E-state index contributed by atoms with van der Waals surface area (Å²) < 4.78 is 10.4. The molecule has 5 heteroatoms. The maximum absolute atomic E-state index is 11.7. The number of benzene rings is 1. The number of nitrogens with one attached hydrogen (secondary N) is 1. The van der Waals surface area contributed by atoms with Crippen molar-refractivity contribution in [3.63, 3.8) is 0 Å². The fourth-order valence-electron chi connectivity index (χ4n) is 1.50. The van der Waals surface area contributed by atoms with Gasteiger partial charge in [0.25, 0.3) is 5.91 Å². The summed E-state index contributed by atoms with van der Waals surface area (Å²) in [6, 6.07) is 7.00. The van der Waals surface area contributed by atoms with E-state index in [-0.39, 0.29) is 12.5 Å². The van der Waals surface area contributed by atoms with Crippen molar-refractivity contribution >= 4 is 5.91 Å². The van der Waals surface area contributed by atoms with E-state index in [2.05, 4.69) is 5.32 Å². The van der Waals surface area contributed by atoms with Gasteiger partial charge in [0.2, 0.25) is 0 Å². The molecule has 0 heterocycles. The second-order valence-electron chi connectivity index (χ2n) is 4.20. The lowest BCUT2D eigenvalue weighted by Crippen LogP contribution is -2.37. The van der Waals surface area contributed by atoms with Crippen LogP contribution in [0.5, 0.6) is 5.75 Å². The molecule has 0 aliphatic carbocycles. The summed E-state index contributed by atoms with van der Waals surface area (Å²) in [4.78, 5) is 11.7. The first-order valence-corrected chi connectivity index (χ1v) is 6.30. The summed E-state index contributed by atoms with van der Waals surface area (Å²) in [5.41, 5.74) is 0.809. The molecule has 1 amide bonds. The van der Waals surface area contributed by atoms with Crippen molar-refractivity contribution in [1.29, 1.82) is 0 Å². The zero-order chi connectivity index (χ0) is 14.1. The first kappa shape index (κ1) is 15.5. The maximum atomic E-state index is 11.7. The highest BCUT2D eigenvalue weighted by Crippen LogP contribution is 2.13. The van der Waals surface area contributed by atoms with Crippen LogP contribution in [0.3, 0.4) is 0 Å². The Morgan fingerprint density at radius 2 is 2.05 bits per heavy atom. The third-order valence-electron chi connectivity index (χ3n) is 2.61. The van der Waals surface area contributed by atoms with E-state index in [0.717, 1.165) is 12.0 Å². The van der Waals surface area contributed by atoms with Crippen molar-refractivity contribution in [2.24, 2.45) is 0 Å². The van der Waals surface area contributed by atoms with Crippen LogP contribution < -0.4 is 10.1 Å². The lowest BCUT2D eigenvalue weighted by atomic mass is 10.2. The fourth-order valence-corrected chi connectivity index (χ4v) is 1.50. The second kappa shape index (κ2) is 8.50. The molecule has 0 radical (unpaired) electrons. The first-order chi connectivity index (χ1) is 9.17. The molecule has 19 heavy (non-hydrogen) atoms. The molecule has 5 nitrogen and oxygen atoms in total. The van der Waals surface area contributed by atoms with Crippen molar-refractivity contribution in [2.75, 3.05) is 20.3 Å². The largest absolute Gasteiger partial charge is 0.481 e. The van der Waals surface area contributed by atoms with Gasteiger partial charge in [0.1, 0.15) is 5.75 Å². The van der Waals surface area contributed by atoms with E-state index in [1.54, 1.807) is 38.3 Å². The van der Waals surface area contributed by atoms with E-state index in [1.807, 2.05) is 0 Å². The Labute approximate surface area is 113 Å². The number of hydrogen-bond donors (Lipinski definition) is 2. The zero-order valence-corrected chi connectivity index (χ0v) is 11.4. The Hall–Kier alpha value is -1.59. The van der Waals surface area contributed by atoms with Crippen molar-refractivity contribution in [3.05, 3.63) is 29.8 Å². The first-order valence-electron chi connectivity index (χ1n) is 6.30. The van der Waals surface area contributed by atoms with Gasteiger partial charge in [0.15, 0.2) is 6.10 Å². The highest BCUT2D eigenvalue weighted by Gasteiger charge is 2.13. The van der Waals surface area contributed by atoms with Crippen molar-refractivity contribution in [3.8, 4) is 5.75 Å². The van der Waals surface area contributed by atoms with Gasteiger partial charge in [0.05, 0.1) is 6.61 Å². The summed E-state index contributed by atoms with van der Waals surface area (Å²) >= 11 is 0.